The molecule has 0 aliphatic heterocycles. The summed E-state index contributed by atoms with van der Waals surface area (Å²) in [5.41, 5.74) is 4.42. The SMILES string of the molecule is C=C(C)C(F)(CN)C(C)C. The molecule has 2 heteroatoms. The van der Waals surface area contributed by atoms with Crippen molar-refractivity contribution in [1.29, 1.82) is 0 Å². The highest BCUT2D eigenvalue weighted by atomic mass is 19.1. The summed E-state index contributed by atoms with van der Waals surface area (Å²) >= 11 is 0. The molecule has 1 nitrogen and oxygen atoms in total. The van der Waals surface area contributed by atoms with Crippen LogP contribution in [-0.2, 0) is 0 Å². The van der Waals surface area contributed by atoms with E-state index in [4.69, 9.17) is 5.73 Å². The fraction of sp³-hybridized carbons (Fsp3) is 0.750. The van der Waals surface area contributed by atoms with E-state index in [1.165, 1.54) is 0 Å². The number of halogens is 1. The molecule has 1 atom stereocenters. The minimum absolute atomic E-state index is 0.0278. The Bertz CT molecular complexity index is 131. The summed E-state index contributed by atoms with van der Waals surface area (Å²) in [5.74, 6) is -0.0880. The van der Waals surface area contributed by atoms with Crippen LogP contribution >= 0.6 is 0 Å². The zero-order chi connectivity index (χ0) is 8.36. The topological polar surface area (TPSA) is 26.0 Å². The van der Waals surface area contributed by atoms with Crippen LogP contribution in [0.25, 0.3) is 0 Å². The highest BCUT2D eigenvalue weighted by Crippen LogP contribution is 2.27. The number of rotatable bonds is 3. The van der Waals surface area contributed by atoms with E-state index < -0.39 is 5.67 Å². The first-order valence-electron chi connectivity index (χ1n) is 3.50. The maximum Gasteiger partial charge on any atom is 0.145 e. The first kappa shape index (κ1) is 9.63. The zero-order valence-electron chi connectivity index (χ0n) is 6.95. The Morgan fingerprint density at radius 2 is 2.10 bits per heavy atom. The molecule has 0 rings (SSSR count). The number of nitrogens with two attached hydrogens (primary N) is 1. The monoisotopic (exact) mass is 145 g/mol. The summed E-state index contributed by atoms with van der Waals surface area (Å²) in [7, 11) is 0. The Kier molecular flexibility index (Phi) is 3.03. The van der Waals surface area contributed by atoms with Crippen molar-refractivity contribution in [2.75, 3.05) is 6.54 Å². The van der Waals surface area contributed by atoms with E-state index in [1.807, 2.05) is 13.8 Å². The predicted octanol–water partition coefficient (Wildman–Crippen LogP) is 1.89. The number of hydrogen-bond donors (Lipinski definition) is 1. The van der Waals surface area contributed by atoms with E-state index >= 15 is 0 Å². The van der Waals surface area contributed by atoms with Crippen molar-refractivity contribution < 1.29 is 4.39 Å². The standard InChI is InChI=1S/C8H16FN/c1-6(2)8(9,5-10)7(3)4/h7H,1,5,10H2,2-4H3. The van der Waals surface area contributed by atoms with E-state index in [-0.39, 0.29) is 12.5 Å². The first-order chi connectivity index (χ1) is 4.45. The van der Waals surface area contributed by atoms with Crippen LogP contribution in [0.15, 0.2) is 12.2 Å². The van der Waals surface area contributed by atoms with Crippen LogP contribution < -0.4 is 5.73 Å². The minimum atomic E-state index is -1.38. The molecule has 0 amide bonds. The molecule has 0 saturated carbocycles. The van der Waals surface area contributed by atoms with Crippen molar-refractivity contribution in [3.63, 3.8) is 0 Å². The fourth-order valence-corrected chi connectivity index (χ4v) is 0.903. The van der Waals surface area contributed by atoms with Crippen molar-refractivity contribution in [2.24, 2.45) is 11.7 Å². The molecule has 60 valence electrons. The molecule has 10 heavy (non-hydrogen) atoms. The third kappa shape index (κ3) is 1.57. The Hall–Kier alpha value is -0.370. The highest BCUT2D eigenvalue weighted by Gasteiger charge is 2.32. The lowest BCUT2D eigenvalue weighted by Gasteiger charge is -2.27. The highest BCUT2D eigenvalue weighted by molar-refractivity contribution is 5.12. The smallest absolute Gasteiger partial charge is 0.145 e. The molecule has 0 aromatic heterocycles. The van der Waals surface area contributed by atoms with Crippen molar-refractivity contribution in [3.8, 4) is 0 Å². The predicted molar refractivity (Wildman–Crippen MR) is 42.5 cm³/mol. The van der Waals surface area contributed by atoms with Crippen LogP contribution in [0.5, 0.6) is 0 Å². The van der Waals surface area contributed by atoms with Gasteiger partial charge in [0.25, 0.3) is 0 Å². The van der Waals surface area contributed by atoms with Crippen LogP contribution in [0.4, 0.5) is 4.39 Å². The molecule has 0 radical (unpaired) electrons. The summed E-state index contributed by atoms with van der Waals surface area (Å²) in [4.78, 5) is 0. The van der Waals surface area contributed by atoms with E-state index in [2.05, 4.69) is 6.58 Å². The molecular weight excluding hydrogens is 129 g/mol. The van der Waals surface area contributed by atoms with E-state index in [0.29, 0.717) is 5.57 Å². The Morgan fingerprint density at radius 3 is 2.10 bits per heavy atom. The van der Waals surface area contributed by atoms with Gasteiger partial charge in [-0.3, -0.25) is 0 Å². The molecule has 0 aromatic rings. The van der Waals surface area contributed by atoms with Gasteiger partial charge in [-0.2, -0.15) is 0 Å². The largest absolute Gasteiger partial charge is 0.327 e. The van der Waals surface area contributed by atoms with Crippen molar-refractivity contribution in [2.45, 2.75) is 26.4 Å². The number of hydrogen-bond acceptors (Lipinski definition) is 1. The van der Waals surface area contributed by atoms with Gasteiger partial charge in [0.15, 0.2) is 0 Å². The second-order valence-corrected chi connectivity index (χ2v) is 3.00. The van der Waals surface area contributed by atoms with Gasteiger partial charge in [-0.1, -0.05) is 20.4 Å². The van der Waals surface area contributed by atoms with Gasteiger partial charge in [0.05, 0.1) is 0 Å². The maximum absolute atomic E-state index is 13.5. The van der Waals surface area contributed by atoms with Gasteiger partial charge in [-0.15, -0.1) is 0 Å². The molecule has 0 aromatic carbocycles. The summed E-state index contributed by atoms with van der Waals surface area (Å²) in [6.07, 6.45) is 0. The first-order valence-corrected chi connectivity index (χ1v) is 3.50. The van der Waals surface area contributed by atoms with Crippen LogP contribution in [0.1, 0.15) is 20.8 Å². The van der Waals surface area contributed by atoms with Gasteiger partial charge in [0.1, 0.15) is 5.67 Å². The van der Waals surface area contributed by atoms with Crippen LogP contribution in [0.3, 0.4) is 0 Å². The average Bonchev–Trinajstić information content (AvgIpc) is 1.85. The van der Waals surface area contributed by atoms with Gasteiger partial charge < -0.3 is 5.73 Å². The lowest BCUT2D eigenvalue weighted by Crippen LogP contribution is -2.39. The lowest BCUT2D eigenvalue weighted by atomic mass is 9.87. The van der Waals surface area contributed by atoms with E-state index in [9.17, 15) is 4.39 Å². The summed E-state index contributed by atoms with van der Waals surface area (Å²) < 4.78 is 13.5. The normalized spacial score (nSPS) is 17.0. The van der Waals surface area contributed by atoms with Gasteiger partial charge in [-0.05, 0) is 18.4 Å². The molecule has 0 saturated heterocycles. The molecule has 0 aliphatic carbocycles. The molecule has 0 bridgehead atoms. The Morgan fingerprint density at radius 1 is 1.70 bits per heavy atom. The molecule has 0 fully saturated rings. The molecule has 1 unspecified atom stereocenters. The second kappa shape index (κ2) is 3.15. The van der Waals surface area contributed by atoms with Crippen LogP contribution in [0.2, 0.25) is 0 Å². The average molecular weight is 145 g/mol. The van der Waals surface area contributed by atoms with Gasteiger partial charge in [0.2, 0.25) is 0 Å². The second-order valence-electron chi connectivity index (χ2n) is 3.00. The molecular formula is C8H16FN. The third-order valence-electron chi connectivity index (χ3n) is 1.92. The summed E-state index contributed by atoms with van der Waals surface area (Å²) in [6, 6.07) is 0. The molecule has 0 aliphatic rings. The van der Waals surface area contributed by atoms with Crippen molar-refractivity contribution in [3.05, 3.63) is 12.2 Å². The van der Waals surface area contributed by atoms with Gasteiger partial charge in [-0.25, -0.2) is 4.39 Å². The molecule has 2 N–H and O–H groups in total. The Labute approximate surface area is 62.1 Å². The number of alkyl halides is 1. The van der Waals surface area contributed by atoms with Crippen LogP contribution in [-0.4, -0.2) is 12.2 Å². The van der Waals surface area contributed by atoms with Crippen LogP contribution in [0, 0.1) is 5.92 Å². The zero-order valence-corrected chi connectivity index (χ0v) is 6.95. The molecule has 0 heterocycles. The maximum atomic E-state index is 13.5. The Balaban J connectivity index is 4.38. The van der Waals surface area contributed by atoms with Crippen molar-refractivity contribution >= 4 is 0 Å². The lowest BCUT2D eigenvalue weighted by molar-refractivity contribution is 0.155. The summed E-state index contributed by atoms with van der Waals surface area (Å²) in [5, 5.41) is 0. The third-order valence-corrected chi connectivity index (χ3v) is 1.92. The van der Waals surface area contributed by atoms with Gasteiger partial charge >= 0.3 is 0 Å². The van der Waals surface area contributed by atoms with Crippen molar-refractivity contribution in [1.82, 2.24) is 0 Å². The quantitative estimate of drug-likeness (QED) is 0.603. The van der Waals surface area contributed by atoms with E-state index in [1.54, 1.807) is 6.92 Å². The minimum Gasteiger partial charge on any atom is -0.327 e. The molecule has 0 spiro atoms. The van der Waals surface area contributed by atoms with E-state index in [0.717, 1.165) is 0 Å². The van der Waals surface area contributed by atoms with Gasteiger partial charge in [0, 0.05) is 6.54 Å². The summed E-state index contributed by atoms with van der Waals surface area (Å²) in [6.45, 7) is 8.88. The fourth-order valence-electron chi connectivity index (χ4n) is 0.903.